The highest BCUT2D eigenvalue weighted by Gasteiger charge is 2.15. The number of pyridine rings is 1. The first-order chi connectivity index (χ1) is 8.20. The molecule has 0 aliphatic carbocycles. The minimum atomic E-state index is 0.0611. The van der Waals surface area contributed by atoms with Crippen molar-refractivity contribution in [3.05, 3.63) is 47.0 Å². The van der Waals surface area contributed by atoms with Gasteiger partial charge in [0.2, 0.25) is 0 Å². The lowest BCUT2D eigenvalue weighted by atomic mass is 10.1. The number of nitrogens with one attached hydrogen (secondary N) is 1. The molecule has 1 atom stereocenters. The van der Waals surface area contributed by atoms with Gasteiger partial charge in [-0.05, 0) is 18.7 Å². The highest BCUT2D eigenvalue weighted by molar-refractivity contribution is 6.30. The highest BCUT2D eigenvalue weighted by Crippen LogP contribution is 2.20. The van der Waals surface area contributed by atoms with E-state index in [1.807, 2.05) is 31.6 Å². The minimum absolute atomic E-state index is 0.0611. The summed E-state index contributed by atoms with van der Waals surface area (Å²) < 4.78 is 1.79. The predicted molar refractivity (Wildman–Crippen MR) is 68.0 cm³/mol. The molecule has 2 aromatic heterocycles. The molecule has 0 radical (unpaired) electrons. The summed E-state index contributed by atoms with van der Waals surface area (Å²) in [5.74, 6) is 0. The maximum atomic E-state index is 5.84. The fraction of sp³-hybridized carbons (Fsp3) is 0.333. The van der Waals surface area contributed by atoms with E-state index in [2.05, 4.69) is 22.3 Å². The zero-order chi connectivity index (χ0) is 12.3. The van der Waals surface area contributed by atoms with Gasteiger partial charge >= 0.3 is 0 Å². The van der Waals surface area contributed by atoms with Crippen molar-refractivity contribution in [3.8, 4) is 0 Å². The fourth-order valence-corrected chi connectivity index (χ4v) is 1.86. The van der Waals surface area contributed by atoms with E-state index in [9.17, 15) is 0 Å². The Morgan fingerprint density at radius 3 is 2.76 bits per heavy atom. The lowest BCUT2D eigenvalue weighted by molar-refractivity contribution is 0.615. The molecule has 1 unspecified atom stereocenters. The quantitative estimate of drug-likeness (QED) is 0.904. The van der Waals surface area contributed by atoms with Gasteiger partial charge in [0.1, 0.15) is 0 Å². The summed E-state index contributed by atoms with van der Waals surface area (Å²) in [4.78, 5) is 4.35. The van der Waals surface area contributed by atoms with Gasteiger partial charge in [-0.15, -0.1) is 0 Å². The first-order valence-corrected chi connectivity index (χ1v) is 5.92. The van der Waals surface area contributed by atoms with Gasteiger partial charge in [0, 0.05) is 25.0 Å². The van der Waals surface area contributed by atoms with Crippen LogP contribution in [0, 0.1) is 0 Å². The summed E-state index contributed by atoms with van der Waals surface area (Å²) in [6.45, 7) is 2.93. The van der Waals surface area contributed by atoms with Crippen LogP contribution in [0.25, 0.3) is 0 Å². The van der Waals surface area contributed by atoms with Gasteiger partial charge in [-0.25, -0.2) is 0 Å². The van der Waals surface area contributed by atoms with Crippen molar-refractivity contribution in [1.82, 2.24) is 20.1 Å². The molecule has 0 spiro atoms. The topological polar surface area (TPSA) is 42.7 Å². The molecule has 17 heavy (non-hydrogen) atoms. The van der Waals surface area contributed by atoms with Crippen LogP contribution in [-0.2, 0) is 7.05 Å². The predicted octanol–water partition coefficient (Wildman–Crippen LogP) is 2.17. The normalized spacial score (nSPS) is 12.6. The second-order valence-electron chi connectivity index (χ2n) is 3.84. The average Bonchev–Trinajstić information content (AvgIpc) is 2.74. The zero-order valence-electron chi connectivity index (χ0n) is 9.89. The Bertz CT molecular complexity index is 478. The van der Waals surface area contributed by atoms with Gasteiger partial charge in [0.25, 0.3) is 0 Å². The van der Waals surface area contributed by atoms with Crippen LogP contribution in [0.3, 0.4) is 0 Å². The molecule has 0 aliphatic heterocycles. The number of hydrogen-bond acceptors (Lipinski definition) is 3. The van der Waals surface area contributed by atoms with E-state index < -0.39 is 0 Å². The number of halogens is 1. The van der Waals surface area contributed by atoms with Gasteiger partial charge in [0.05, 0.1) is 23.0 Å². The van der Waals surface area contributed by atoms with Crippen molar-refractivity contribution in [2.24, 2.45) is 7.05 Å². The molecule has 2 heterocycles. The van der Waals surface area contributed by atoms with Crippen molar-refractivity contribution in [2.45, 2.75) is 13.0 Å². The van der Waals surface area contributed by atoms with Crippen LogP contribution in [0.4, 0.5) is 0 Å². The maximum absolute atomic E-state index is 5.84. The molecule has 0 saturated carbocycles. The lowest BCUT2D eigenvalue weighted by Gasteiger charge is -2.15. The van der Waals surface area contributed by atoms with E-state index >= 15 is 0 Å². The molecular weight excluding hydrogens is 236 g/mol. The average molecular weight is 251 g/mol. The van der Waals surface area contributed by atoms with E-state index in [1.54, 1.807) is 10.9 Å². The number of aryl methyl sites for hydroxylation is 1. The molecular formula is C12H15ClN4. The third kappa shape index (κ3) is 2.84. The SMILES string of the molecule is CCNC(c1cnn(C)c1)c1ccc(Cl)cn1. The number of nitrogens with zero attached hydrogens (tertiary/aromatic N) is 3. The van der Waals surface area contributed by atoms with Crippen LogP contribution in [0.5, 0.6) is 0 Å². The largest absolute Gasteiger partial charge is 0.305 e. The van der Waals surface area contributed by atoms with Crippen molar-refractivity contribution >= 4 is 11.6 Å². The second-order valence-corrected chi connectivity index (χ2v) is 4.28. The molecule has 2 aromatic rings. The third-order valence-corrected chi connectivity index (χ3v) is 2.74. The van der Waals surface area contributed by atoms with Gasteiger partial charge < -0.3 is 5.32 Å². The maximum Gasteiger partial charge on any atom is 0.0782 e. The smallest absolute Gasteiger partial charge is 0.0782 e. The monoisotopic (exact) mass is 250 g/mol. The number of rotatable bonds is 4. The van der Waals surface area contributed by atoms with E-state index in [0.717, 1.165) is 17.8 Å². The molecule has 0 fully saturated rings. The Balaban J connectivity index is 2.31. The van der Waals surface area contributed by atoms with Gasteiger partial charge in [-0.2, -0.15) is 5.10 Å². The standard InChI is InChI=1S/C12H15ClN4/c1-3-14-12(9-6-16-17(2)8-9)11-5-4-10(13)7-15-11/h4-8,12,14H,3H2,1-2H3. The molecule has 90 valence electrons. The first kappa shape index (κ1) is 12.1. The minimum Gasteiger partial charge on any atom is -0.305 e. The molecule has 0 bridgehead atoms. The van der Waals surface area contributed by atoms with E-state index in [0.29, 0.717) is 5.02 Å². The molecule has 5 heteroatoms. The zero-order valence-corrected chi connectivity index (χ0v) is 10.6. The molecule has 0 aliphatic rings. The summed E-state index contributed by atoms with van der Waals surface area (Å²) in [6.07, 6.45) is 5.50. The Morgan fingerprint density at radius 2 is 2.24 bits per heavy atom. The van der Waals surface area contributed by atoms with E-state index in [-0.39, 0.29) is 6.04 Å². The van der Waals surface area contributed by atoms with Crippen molar-refractivity contribution < 1.29 is 0 Å². The Kier molecular flexibility index (Phi) is 3.76. The number of aromatic nitrogens is 3. The Labute approximate surface area is 106 Å². The van der Waals surface area contributed by atoms with E-state index in [1.165, 1.54) is 0 Å². The molecule has 0 amide bonds. The van der Waals surface area contributed by atoms with Crippen LogP contribution in [0.2, 0.25) is 5.02 Å². The van der Waals surface area contributed by atoms with Crippen LogP contribution in [0.1, 0.15) is 24.2 Å². The van der Waals surface area contributed by atoms with Gasteiger partial charge in [-0.3, -0.25) is 9.67 Å². The lowest BCUT2D eigenvalue weighted by Crippen LogP contribution is -2.22. The summed E-state index contributed by atoms with van der Waals surface area (Å²) in [5, 5.41) is 8.22. The molecule has 1 N–H and O–H groups in total. The van der Waals surface area contributed by atoms with Gasteiger partial charge in [0.15, 0.2) is 0 Å². The number of hydrogen-bond donors (Lipinski definition) is 1. The van der Waals surface area contributed by atoms with Crippen molar-refractivity contribution in [1.29, 1.82) is 0 Å². The first-order valence-electron chi connectivity index (χ1n) is 5.54. The molecule has 4 nitrogen and oxygen atoms in total. The summed E-state index contributed by atoms with van der Waals surface area (Å²) in [7, 11) is 1.90. The Morgan fingerprint density at radius 1 is 1.41 bits per heavy atom. The third-order valence-electron chi connectivity index (χ3n) is 2.51. The molecule has 2 rings (SSSR count). The van der Waals surface area contributed by atoms with E-state index in [4.69, 9.17) is 11.6 Å². The van der Waals surface area contributed by atoms with Crippen molar-refractivity contribution in [3.63, 3.8) is 0 Å². The van der Waals surface area contributed by atoms with Gasteiger partial charge in [-0.1, -0.05) is 18.5 Å². The Hall–Kier alpha value is -1.39. The summed E-state index contributed by atoms with van der Waals surface area (Å²) >= 11 is 5.84. The fourth-order valence-electron chi connectivity index (χ4n) is 1.74. The van der Waals surface area contributed by atoms with Crippen LogP contribution in [-0.4, -0.2) is 21.3 Å². The summed E-state index contributed by atoms with van der Waals surface area (Å²) in [6, 6.07) is 3.85. The summed E-state index contributed by atoms with van der Waals surface area (Å²) in [5.41, 5.74) is 2.05. The van der Waals surface area contributed by atoms with Crippen LogP contribution in [0.15, 0.2) is 30.7 Å². The molecule has 0 saturated heterocycles. The second kappa shape index (κ2) is 5.29. The van der Waals surface area contributed by atoms with Crippen molar-refractivity contribution in [2.75, 3.05) is 6.54 Å². The highest BCUT2D eigenvalue weighted by atomic mass is 35.5. The molecule has 0 aromatic carbocycles. The van der Waals surface area contributed by atoms with Crippen LogP contribution >= 0.6 is 11.6 Å². The van der Waals surface area contributed by atoms with Crippen LogP contribution < -0.4 is 5.32 Å².